The predicted octanol–water partition coefficient (Wildman–Crippen LogP) is 0.632. The highest BCUT2D eigenvalue weighted by molar-refractivity contribution is 6.03. The molecule has 2 aliphatic rings. The largest absolute Gasteiger partial charge is 0.465 e. The Hall–Kier alpha value is -2.15. The lowest BCUT2D eigenvalue weighted by atomic mass is 10.1. The summed E-state index contributed by atoms with van der Waals surface area (Å²) in [6.45, 7) is 1.41. The van der Waals surface area contributed by atoms with Crippen LogP contribution in [0.2, 0.25) is 0 Å². The maximum Gasteiger partial charge on any atom is 0.340 e. The number of fused-ring (bicyclic) bond motifs is 2. The van der Waals surface area contributed by atoms with Gasteiger partial charge >= 0.3 is 11.9 Å². The summed E-state index contributed by atoms with van der Waals surface area (Å²) in [6.07, 6.45) is 2.55. The zero-order valence-electron chi connectivity index (χ0n) is 11.9. The van der Waals surface area contributed by atoms with E-state index < -0.39 is 11.9 Å². The number of morpholine rings is 1. The van der Waals surface area contributed by atoms with Crippen LogP contribution in [-0.2, 0) is 14.2 Å². The summed E-state index contributed by atoms with van der Waals surface area (Å²) in [5, 5.41) is 0. The van der Waals surface area contributed by atoms with Crippen LogP contribution in [0.3, 0.4) is 0 Å². The first-order chi connectivity index (χ1) is 10.1. The Bertz CT molecular complexity index is 589. The highest BCUT2D eigenvalue weighted by Gasteiger charge is 2.40. The smallest absolute Gasteiger partial charge is 0.340 e. The van der Waals surface area contributed by atoms with Gasteiger partial charge in [0.05, 0.1) is 44.1 Å². The van der Waals surface area contributed by atoms with E-state index >= 15 is 0 Å². The second-order valence-electron chi connectivity index (χ2n) is 5.07. The van der Waals surface area contributed by atoms with Gasteiger partial charge in [0.25, 0.3) is 0 Å². The highest BCUT2D eigenvalue weighted by Crippen LogP contribution is 2.32. The van der Waals surface area contributed by atoms with Crippen molar-refractivity contribution in [3.05, 3.63) is 23.4 Å². The fraction of sp³-hybridized carbons (Fsp3) is 0.500. The van der Waals surface area contributed by atoms with Crippen LogP contribution in [0.5, 0.6) is 0 Å². The van der Waals surface area contributed by atoms with Crippen molar-refractivity contribution in [2.24, 2.45) is 0 Å². The first kappa shape index (κ1) is 13.8. The number of hydrogen-bond donors (Lipinski definition) is 0. The van der Waals surface area contributed by atoms with Gasteiger partial charge in [-0.2, -0.15) is 0 Å². The zero-order chi connectivity index (χ0) is 15.0. The topological polar surface area (TPSA) is 78.0 Å². The van der Waals surface area contributed by atoms with E-state index in [9.17, 15) is 9.59 Å². The van der Waals surface area contributed by atoms with Crippen LogP contribution in [0.25, 0.3) is 0 Å². The molecule has 2 bridgehead atoms. The van der Waals surface area contributed by atoms with Gasteiger partial charge in [0.15, 0.2) is 0 Å². The molecule has 7 heteroatoms. The van der Waals surface area contributed by atoms with Crippen LogP contribution < -0.4 is 4.90 Å². The molecule has 3 heterocycles. The number of nitrogens with zero attached hydrogens (tertiary/aromatic N) is 2. The van der Waals surface area contributed by atoms with Gasteiger partial charge in [0, 0.05) is 12.7 Å². The molecule has 0 saturated carbocycles. The molecule has 21 heavy (non-hydrogen) atoms. The van der Waals surface area contributed by atoms with E-state index in [0.717, 1.165) is 13.0 Å². The molecule has 2 saturated heterocycles. The Morgan fingerprint density at radius 3 is 2.57 bits per heavy atom. The third-order valence-corrected chi connectivity index (χ3v) is 3.89. The van der Waals surface area contributed by atoms with Gasteiger partial charge in [-0.05, 0) is 12.5 Å². The second kappa shape index (κ2) is 5.33. The number of hydrogen-bond acceptors (Lipinski definition) is 7. The van der Waals surface area contributed by atoms with Crippen molar-refractivity contribution in [3.63, 3.8) is 0 Å². The number of aromatic nitrogens is 1. The third-order valence-electron chi connectivity index (χ3n) is 3.89. The quantitative estimate of drug-likeness (QED) is 0.756. The maximum absolute atomic E-state index is 11.9. The summed E-state index contributed by atoms with van der Waals surface area (Å²) in [5.41, 5.74) is 0.270. The van der Waals surface area contributed by atoms with Gasteiger partial charge < -0.3 is 19.1 Å². The molecule has 1 aromatic rings. The van der Waals surface area contributed by atoms with Crippen molar-refractivity contribution in [2.45, 2.75) is 18.6 Å². The molecule has 3 rings (SSSR count). The number of rotatable bonds is 3. The SMILES string of the molecule is COC(=O)c1cnc(N2C[C@H]3C[C@@H]2CO3)cc1C(=O)OC. The first-order valence-electron chi connectivity index (χ1n) is 6.69. The van der Waals surface area contributed by atoms with E-state index in [-0.39, 0.29) is 23.3 Å². The molecule has 2 atom stereocenters. The number of pyridine rings is 1. The van der Waals surface area contributed by atoms with Gasteiger partial charge in [-0.15, -0.1) is 0 Å². The van der Waals surface area contributed by atoms with Gasteiger partial charge in [-0.25, -0.2) is 14.6 Å². The van der Waals surface area contributed by atoms with Crippen molar-refractivity contribution < 1.29 is 23.8 Å². The van der Waals surface area contributed by atoms with E-state index in [1.54, 1.807) is 6.07 Å². The van der Waals surface area contributed by atoms with E-state index in [4.69, 9.17) is 9.47 Å². The molecule has 0 radical (unpaired) electrons. The molecule has 0 aromatic carbocycles. The van der Waals surface area contributed by atoms with Crippen molar-refractivity contribution in [2.75, 3.05) is 32.3 Å². The molecule has 0 aliphatic carbocycles. The average Bonchev–Trinajstić information content (AvgIpc) is 3.15. The highest BCUT2D eigenvalue weighted by atomic mass is 16.5. The number of ether oxygens (including phenoxy) is 3. The van der Waals surface area contributed by atoms with Crippen LogP contribution >= 0.6 is 0 Å². The van der Waals surface area contributed by atoms with Gasteiger partial charge in [-0.1, -0.05) is 0 Å². The summed E-state index contributed by atoms with van der Waals surface area (Å²) in [7, 11) is 2.53. The standard InChI is InChI=1S/C14H16N2O5/c1-19-13(17)10-4-12(15-5-11(10)14(18)20-2)16-6-9-3-8(16)7-21-9/h4-5,8-9H,3,6-7H2,1-2H3/t8-,9-/m1/s1. The zero-order valence-corrected chi connectivity index (χ0v) is 11.9. The normalized spacial score (nSPS) is 23.2. The van der Waals surface area contributed by atoms with E-state index in [1.807, 2.05) is 0 Å². The van der Waals surface area contributed by atoms with Gasteiger partial charge in [0.2, 0.25) is 0 Å². The molecule has 7 nitrogen and oxygen atoms in total. The Morgan fingerprint density at radius 1 is 1.29 bits per heavy atom. The fourth-order valence-corrected chi connectivity index (χ4v) is 2.83. The van der Waals surface area contributed by atoms with Crippen LogP contribution in [0.4, 0.5) is 5.82 Å². The molecule has 112 valence electrons. The predicted molar refractivity (Wildman–Crippen MR) is 72.4 cm³/mol. The lowest BCUT2D eigenvalue weighted by Gasteiger charge is -2.28. The van der Waals surface area contributed by atoms with Crippen molar-refractivity contribution in [3.8, 4) is 0 Å². The van der Waals surface area contributed by atoms with Crippen LogP contribution in [0.1, 0.15) is 27.1 Å². The average molecular weight is 292 g/mol. The number of carbonyl (C=O) groups excluding carboxylic acids is 2. The molecule has 0 spiro atoms. The molecule has 0 N–H and O–H groups in total. The van der Waals surface area contributed by atoms with E-state index in [2.05, 4.69) is 14.6 Å². The number of esters is 2. The lowest BCUT2D eigenvalue weighted by Crippen LogP contribution is -2.37. The summed E-state index contributed by atoms with van der Waals surface area (Å²) in [4.78, 5) is 30.0. The molecule has 0 amide bonds. The lowest BCUT2D eigenvalue weighted by molar-refractivity contribution is 0.0554. The minimum absolute atomic E-state index is 0.105. The molecular formula is C14H16N2O5. The Kier molecular flexibility index (Phi) is 3.50. The molecule has 1 aromatic heterocycles. The Balaban J connectivity index is 1.96. The maximum atomic E-state index is 11.9. The monoisotopic (exact) mass is 292 g/mol. The number of methoxy groups -OCH3 is 2. The van der Waals surface area contributed by atoms with Crippen molar-refractivity contribution in [1.82, 2.24) is 4.98 Å². The minimum atomic E-state index is -0.610. The van der Waals surface area contributed by atoms with Crippen molar-refractivity contribution >= 4 is 17.8 Å². The Morgan fingerprint density at radius 2 is 2.00 bits per heavy atom. The fourth-order valence-electron chi connectivity index (χ4n) is 2.83. The van der Waals surface area contributed by atoms with Crippen LogP contribution in [0.15, 0.2) is 12.3 Å². The summed E-state index contributed by atoms with van der Waals surface area (Å²) >= 11 is 0. The molecule has 2 aliphatic heterocycles. The third kappa shape index (κ3) is 2.33. The van der Waals surface area contributed by atoms with E-state index in [0.29, 0.717) is 12.4 Å². The van der Waals surface area contributed by atoms with E-state index in [1.165, 1.54) is 20.4 Å². The number of anilines is 1. The molecule has 2 fully saturated rings. The molecule has 0 unspecified atom stereocenters. The van der Waals surface area contributed by atoms with Gasteiger partial charge in [-0.3, -0.25) is 0 Å². The van der Waals surface area contributed by atoms with Crippen molar-refractivity contribution in [1.29, 1.82) is 0 Å². The second-order valence-corrected chi connectivity index (χ2v) is 5.07. The van der Waals surface area contributed by atoms with Gasteiger partial charge in [0.1, 0.15) is 5.82 Å². The first-order valence-corrected chi connectivity index (χ1v) is 6.69. The molecular weight excluding hydrogens is 276 g/mol. The summed E-state index contributed by atoms with van der Waals surface area (Å²) < 4.78 is 14.9. The number of carbonyl (C=O) groups is 2. The van der Waals surface area contributed by atoms with Crippen LogP contribution in [-0.4, -0.2) is 56.4 Å². The minimum Gasteiger partial charge on any atom is -0.465 e. The summed E-state index contributed by atoms with van der Waals surface area (Å²) in [6, 6.07) is 1.86. The Labute approximate surface area is 121 Å². The van der Waals surface area contributed by atoms with Crippen LogP contribution in [0, 0.1) is 0 Å². The summed E-state index contributed by atoms with van der Waals surface area (Å²) in [5.74, 6) is -0.542.